The second-order valence-electron chi connectivity index (χ2n) is 13.4. The molecule has 0 spiro atoms. The summed E-state index contributed by atoms with van der Waals surface area (Å²) in [6.45, 7) is 6.08. The summed E-state index contributed by atoms with van der Waals surface area (Å²) >= 11 is 0. The van der Waals surface area contributed by atoms with Crippen molar-refractivity contribution in [2.24, 2.45) is 17.8 Å². The van der Waals surface area contributed by atoms with Crippen LogP contribution < -0.4 is 26.6 Å². The van der Waals surface area contributed by atoms with Crippen molar-refractivity contribution in [3.8, 4) is 0 Å². The van der Waals surface area contributed by atoms with E-state index in [0.717, 1.165) is 51.6 Å². The second kappa shape index (κ2) is 15.2. The van der Waals surface area contributed by atoms with Gasteiger partial charge < -0.3 is 30.0 Å². The standard InChI is InChI=1S/C30H56N6O5/c1-19-27(41-18-33-19)17-40-24-8-7-20-12-25(31-15-22(20)11-24)26(37)16-32-30(38)21-13-28(34-23-5-4-6-23)35-29(14-21)36(2)9-10-39-3/h19-29,31,33-35,37H,4-18H2,1-3H3,(H,32,38)/t19?,20?,21?,22?,24?,25-,26+,27?,28?,29?/m0/s1. The van der Waals surface area contributed by atoms with Crippen LogP contribution in [0.25, 0.3) is 0 Å². The summed E-state index contributed by atoms with van der Waals surface area (Å²) in [5.41, 5.74) is 0. The highest BCUT2D eigenvalue weighted by molar-refractivity contribution is 5.78. The van der Waals surface area contributed by atoms with Gasteiger partial charge in [-0.25, -0.2) is 0 Å². The first-order valence-electron chi connectivity index (χ1n) is 16.3. The highest BCUT2D eigenvalue weighted by Gasteiger charge is 2.39. The molecule has 41 heavy (non-hydrogen) atoms. The fourth-order valence-electron chi connectivity index (χ4n) is 7.38. The minimum atomic E-state index is -0.590. The highest BCUT2D eigenvalue weighted by Crippen LogP contribution is 2.37. The maximum atomic E-state index is 13.4. The lowest BCUT2D eigenvalue weighted by molar-refractivity contribution is -0.128. The zero-order chi connectivity index (χ0) is 28.8. The molecule has 236 valence electrons. The largest absolute Gasteiger partial charge is 0.390 e. The van der Waals surface area contributed by atoms with Crippen molar-refractivity contribution in [2.45, 2.75) is 113 Å². The number of likely N-dealkylation sites (N-methyl/N-ethyl adjacent to an activating group) is 1. The lowest BCUT2D eigenvalue weighted by Crippen LogP contribution is -2.62. The number of aliphatic hydroxyl groups excluding tert-OH is 1. The van der Waals surface area contributed by atoms with E-state index in [1.807, 2.05) is 0 Å². The van der Waals surface area contributed by atoms with Gasteiger partial charge in [0.25, 0.3) is 0 Å². The average Bonchev–Trinajstić information content (AvgIpc) is 3.38. The normalized spacial score (nSPS) is 38.8. The molecule has 5 aliphatic rings. The van der Waals surface area contributed by atoms with Gasteiger partial charge in [-0.15, -0.1) is 0 Å². The van der Waals surface area contributed by atoms with Crippen molar-refractivity contribution in [3.63, 3.8) is 0 Å². The molecule has 0 aromatic heterocycles. The number of piperidine rings is 2. The van der Waals surface area contributed by atoms with Gasteiger partial charge in [0.05, 0.1) is 50.6 Å². The number of carbonyl (C=O) groups is 1. The number of rotatable bonds is 13. The molecule has 0 aromatic carbocycles. The van der Waals surface area contributed by atoms with Crippen LogP contribution in [0.2, 0.25) is 0 Å². The van der Waals surface area contributed by atoms with Gasteiger partial charge in [0.1, 0.15) is 0 Å². The summed E-state index contributed by atoms with van der Waals surface area (Å²) in [5.74, 6) is 1.14. The third-order valence-electron chi connectivity index (χ3n) is 10.5. The molecule has 1 amide bonds. The van der Waals surface area contributed by atoms with E-state index in [0.29, 0.717) is 56.5 Å². The molecule has 3 aliphatic heterocycles. The van der Waals surface area contributed by atoms with E-state index in [-0.39, 0.29) is 36.3 Å². The van der Waals surface area contributed by atoms with Crippen LogP contribution in [0.5, 0.6) is 0 Å². The Morgan fingerprint density at radius 2 is 1.98 bits per heavy atom. The Balaban J connectivity index is 1.05. The number of ether oxygens (including phenoxy) is 3. The van der Waals surface area contributed by atoms with Crippen LogP contribution in [0.15, 0.2) is 0 Å². The van der Waals surface area contributed by atoms with Gasteiger partial charge >= 0.3 is 0 Å². The smallest absolute Gasteiger partial charge is 0.223 e. The van der Waals surface area contributed by atoms with E-state index < -0.39 is 6.10 Å². The Bertz CT molecular complexity index is 820. The number of carbonyl (C=O) groups excluding carboxylic acids is 1. The third-order valence-corrected chi connectivity index (χ3v) is 10.5. The number of nitrogens with one attached hydrogen (secondary N) is 5. The Morgan fingerprint density at radius 1 is 1.12 bits per heavy atom. The van der Waals surface area contributed by atoms with E-state index in [1.165, 1.54) is 19.3 Å². The lowest BCUT2D eigenvalue weighted by Gasteiger charge is -2.44. The van der Waals surface area contributed by atoms with Crippen molar-refractivity contribution >= 4 is 5.91 Å². The molecule has 2 saturated carbocycles. The predicted octanol–water partition coefficient (Wildman–Crippen LogP) is 0.333. The fraction of sp³-hybridized carbons (Fsp3) is 0.967. The molecule has 0 bridgehead atoms. The molecule has 3 heterocycles. The predicted molar refractivity (Wildman–Crippen MR) is 157 cm³/mol. The molecule has 10 atom stereocenters. The zero-order valence-corrected chi connectivity index (χ0v) is 25.5. The van der Waals surface area contributed by atoms with Crippen LogP contribution in [-0.2, 0) is 19.0 Å². The number of aliphatic hydroxyl groups is 1. The molecule has 0 aromatic rings. The van der Waals surface area contributed by atoms with E-state index in [1.54, 1.807) is 7.11 Å². The van der Waals surface area contributed by atoms with Gasteiger partial charge in [-0.2, -0.15) is 0 Å². The minimum absolute atomic E-state index is 0.0156. The average molecular weight is 581 g/mol. The van der Waals surface area contributed by atoms with Crippen LogP contribution in [0.3, 0.4) is 0 Å². The van der Waals surface area contributed by atoms with E-state index in [2.05, 4.69) is 45.5 Å². The summed E-state index contributed by atoms with van der Waals surface area (Å²) in [5, 5.41) is 28.5. The molecule has 11 nitrogen and oxygen atoms in total. The summed E-state index contributed by atoms with van der Waals surface area (Å²) in [7, 11) is 3.81. The summed E-state index contributed by atoms with van der Waals surface area (Å²) < 4.78 is 17.3. The molecular weight excluding hydrogens is 524 g/mol. The molecular formula is C30H56N6O5. The van der Waals surface area contributed by atoms with Crippen molar-refractivity contribution in [3.05, 3.63) is 0 Å². The minimum Gasteiger partial charge on any atom is -0.390 e. The first kappa shape index (κ1) is 31.5. The van der Waals surface area contributed by atoms with Crippen LogP contribution in [-0.4, -0.2) is 118 Å². The van der Waals surface area contributed by atoms with Crippen LogP contribution in [0.4, 0.5) is 0 Å². The SMILES string of the molecule is COCCN(C)C1CC(C(=O)NC[C@@H](O)[C@@H]2CC3CCC(OCC4OCNC4C)CC3CN2)CC(NC2CCC2)N1. The number of hydrogen-bond donors (Lipinski definition) is 6. The second-order valence-corrected chi connectivity index (χ2v) is 13.4. The fourth-order valence-corrected chi connectivity index (χ4v) is 7.38. The van der Waals surface area contributed by atoms with Crippen molar-refractivity contribution in [2.75, 3.05) is 53.7 Å². The van der Waals surface area contributed by atoms with E-state index in [9.17, 15) is 9.90 Å². The van der Waals surface area contributed by atoms with Crippen molar-refractivity contribution in [1.29, 1.82) is 0 Å². The molecule has 2 aliphatic carbocycles. The topological polar surface area (TPSA) is 128 Å². The summed E-state index contributed by atoms with van der Waals surface area (Å²) in [6.07, 6.45) is 9.51. The Hall–Kier alpha value is -0.890. The molecule has 0 radical (unpaired) electrons. The number of methoxy groups -OCH3 is 1. The Kier molecular flexibility index (Phi) is 11.7. The molecule has 5 rings (SSSR count). The maximum Gasteiger partial charge on any atom is 0.223 e. The van der Waals surface area contributed by atoms with Gasteiger partial charge in [0, 0.05) is 44.2 Å². The molecule has 11 heteroatoms. The lowest BCUT2D eigenvalue weighted by atomic mass is 9.72. The monoisotopic (exact) mass is 580 g/mol. The first-order valence-corrected chi connectivity index (χ1v) is 16.3. The maximum absolute atomic E-state index is 13.4. The summed E-state index contributed by atoms with van der Waals surface area (Å²) in [4.78, 5) is 15.6. The number of amides is 1. The molecule has 8 unspecified atom stereocenters. The molecule has 3 saturated heterocycles. The quantitative estimate of drug-likeness (QED) is 0.181. The van der Waals surface area contributed by atoms with Gasteiger partial charge in [-0.3, -0.25) is 25.6 Å². The van der Waals surface area contributed by atoms with Crippen molar-refractivity contribution < 1.29 is 24.1 Å². The Morgan fingerprint density at radius 3 is 2.71 bits per heavy atom. The Labute approximate surface area is 246 Å². The first-order chi connectivity index (χ1) is 19.9. The number of fused-ring (bicyclic) bond motifs is 1. The zero-order valence-electron chi connectivity index (χ0n) is 25.5. The van der Waals surface area contributed by atoms with Gasteiger partial charge in [0.15, 0.2) is 0 Å². The van der Waals surface area contributed by atoms with Gasteiger partial charge in [-0.1, -0.05) is 6.42 Å². The van der Waals surface area contributed by atoms with Crippen LogP contribution in [0, 0.1) is 17.8 Å². The van der Waals surface area contributed by atoms with Crippen LogP contribution >= 0.6 is 0 Å². The number of nitrogens with zero attached hydrogens (tertiary/aromatic N) is 1. The number of hydrogen-bond acceptors (Lipinski definition) is 10. The highest BCUT2D eigenvalue weighted by atomic mass is 16.5. The third kappa shape index (κ3) is 8.61. The van der Waals surface area contributed by atoms with Crippen LogP contribution in [0.1, 0.15) is 64.7 Å². The van der Waals surface area contributed by atoms with Gasteiger partial charge in [0.2, 0.25) is 5.91 Å². The molecule has 5 fully saturated rings. The van der Waals surface area contributed by atoms with E-state index in [4.69, 9.17) is 14.2 Å². The van der Waals surface area contributed by atoms with Gasteiger partial charge in [-0.05, 0) is 83.7 Å². The summed E-state index contributed by atoms with van der Waals surface area (Å²) in [6, 6.07) is 0.905. The van der Waals surface area contributed by atoms with E-state index >= 15 is 0 Å². The molecule has 6 N–H and O–H groups in total. The van der Waals surface area contributed by atoms with Crippen molar-refractivity contribution in [1.82, 2.24) is 31.5 Å².